The minimum atomic E-state index is -0.273. The fourth-order valence-corrected chi connectivity index (χ4v) is 1.45. The van der Waals surface area contributed by atoms with Crippen molar-refractivity contribution in [3.8, 4) is 0 Å². The molecule has 0 radical (unpaired) electrons. The van der Waals surface area contributed by atoms with Gasteiger partial charge >= 0.3 is 0 Å². The van der Waals surface area contributed by atoms with Crippen molar-refractivity contribution in [1.82, 2.24) is 0 Å². The molecule has 3 heteroatoms. The first-order valence-electron chi connectivity index (χ1n) is 5.18. The van der Waals surface area contributed by atoms with Crippen LogP contribution in [0, 0.1) is 17.1 Å². The smallest absolute Gasteiger partial charge is 0.146 e. The van der Waals surface area contributed by atoms with E-state index in [-0.39, 0.29) is 11.7 Å². The number of anilines is 1. The van der Waals surface area contributed by atoms with Gasteiger partial charge in [-0.25, -0.2) is 4.39 Å². The van der Waals surface area contributed by atoms with E-state index >= 15 is 0 Å². The van der Waals surface area contributed by atoms with Crippen molar-refractivity contribution in [3.05, 3.63) is 30.1 Å². The average Bonchev–Trinajstić information content (AvgIpc) is 2.21. The van der Waals surface area contributed by atoms with Gasteiger partial charge in [0, 0.05) is 12.5 Å². The van der Waals surface area contributed by atoms with Crippen molar-refractivity contribution in [1.29, 1.82) is 5.41 Å². The number of para-hydroxylation sites is 1. The molecule has 0 aliphatic heterocycles. The Morgan fingerprint density at radius 3 is 2.47 bits per heavy atom. The molecule has 82 valence electrons. The maximum absolute atomic E-state index is 13.5. The number of amidine groups is 1. The zero-order valence-electron chi connectivity index (χ0n) is 9.42. The lowest BCUT2D eigenvalue weighted by Gasteiger charge is -2.26. The van der Waals surface area contributed by atoms with Crippen LogP contribution in [0.25, 0.3) is 0 Å². The van der Waals surface area contributed by atoms with Crippen molar-refractivity contribution in [2.45, 2.75) is 20.8 Å². The zero-order chi connectivity index (χ0) is 11.4. The van der Waals surface area contributed by atoms with Gasteiger partial charge in [0.25, 0.3) is 0 Å². The molecule has 0 aliphatic carbocycles. The maximum Gasteiger partial charge on any atom is 0.146 e. The van der Waals surface area contributed by atoms with Crippen molar-refractivity contribution in [2.24, 2.45) is 5.92 Å². The van der Waals surface area contributed by atoms with Gasteiger partial charge in [0.2, 0.25) is 0 Å². The van der Waals surface area contributed by atoms with Crippen LogP contribution in [-0.2, 0) is 0 Å². The number of rotatable bonds is 3. The first-order valence-corrected chi connectivity index (χ1v) is 5.18. The van der Waals surface area contributed by atoms with Gasteiger partial charge in [0.05, 0.1) is 5.69 Å². The minimum Gasteiger partial charge on any atom is -0.328 e. The van der Waals surface area contributed by atoms with E-state index in [4.69, 9.17) is 5.41 Å². The molecule has 1 rings (SSSR count). The Hall–Kier alpha value is -1.38. The van der Waals surface area contributed by atoms with Crippen molar-refractivity contribution in [2.75, 3.05) is 11.4 Å². The SMILES string of the molecule is CCN(C(=N)C(C)C)c1ccccc1F. The fraction of sp³-hybridized carbons (Fsp3) is 0.417. The van der Waals surface area contributed by atoms with Crippen molar-refractivity contribution in [3.63, 3.8) is 0 Å². The minimum absolute atomic E-state index is 0.101. The Labute approximate surface area is 90.2 Å². The lowest BCUT2D eigenvalue weighted by molar-refractivity contribution is 0.625. The van der Waals surface area contributed by atoms with Crippen LogP contribution < -0.4 is 4.90 Å². The van der Waals surface area contributed by atoms with E-state index in [9.17, 15) is 4.39 Å². The molecule has 0 amide bonds. The number of hydrogen-bond acceptors (Lipinski definition) is 1. The van der Waals surface area contributed by atoms with Gasteiger partial charge in [-0.2, -0.15) is 0 Å². The normalized spacial score (nSPS) is 10.5. The second-order valence-electron chi connectivity index (χ2n) is 3.74. The highest BCUT2D eigenvalue weighted by Gasteiger charge is 2.15. The quantitative estimate of drug-likeness (QED) is 0.599. The monoisotopic (exact) mass is 208 g/mol. The number of nitrogens with zero attached hydrogens (tertiary/aromatic N) is 1. The predicted octanol–water partition coefficient (Wildman–Crippen LogP) is 3.29. The summed E-state index contributed by atoms with van der Waals surface area (Å²) >= 11 is 0. The van der Waals surface area contributed by atoms with Crippen molar-refractivity contribution >= 4 is 11.5 Å². The zero-order valence-corrected chi connectivity index (χ0v) is 9.42. The summed E-state index contributed by atoms with van der Waals surface area (Å²) in [5, 5.41) is 7.89. The van der Waals surface area contributed by atoms with E-state index in [0.717, 1.165) is 0 Å². The van der Waals surface area contributed by atoms with Gasteiger partial charge in [0.15, 0.2) is 0 Å². The predicted molar refractivity (Wildman–Crippen MR) is 62.0 cm³/mol. The van der Waals surface area contributed by atoms with Crippen LogP contribution in [0.3, 0.4) is 0 Å². The van der Waals surface area contributed by atoms with Crippen LogP contribution >= 0.6 is 0 Å². The summed E-state index contributed by atoms with van der Waals surface area (Å²) in [6.45, 7) is 6.40. The van der Waals surface area contributed by atoms with Crippen LogP contribution in [0.15, 0.2) is 24.3 Å². The van der Waals surface area contributed by atoms with Gasteiger partial charge in [0.1, 0.15) is 11.7 Å². The van der Waals surface area contributed by atoms with E-state index in [0.29, 0.717) is 18.1 Å². The van der Waals surface area contributed by atoms with Gasteiger partial charge in [-0.3, -0.25) is 5.41 Å². The third-order valence-corrected chi connectivity index (χ3v) is 2.30. The van der Waals surface area contributed by atoms with Gasteiger partial charge < -0.3 is 4.90 Å². The summed E-state index contributed by atoms with van der Waals surface area (Å²) < 4.78 is 13.5. The molecule has 1 aromatic carbocycles. The molecule has 15 heavy (non-hydrogen) atoms. The van der Waals surface area contributed by atoms with E-state index in [1.807, 2.05) is 20.8 Å². The highest BCUT2D eigenvalue weighted by molar-refractivity contribution is 5.96. The van der Waals surface area contributed by atoms with Gasteiger partial charge in [-0.05, 0) is 19.1 Å². The summed E-state index contributed by atoms with van der Waals surface area (Å²) in [6, 6.07) is 6.57. The highest BCUT2D eigenvalue weighted by atomic mass is 19.1. The second-order valence-corrected chi connectivity index (χ2v) is 3.74. The fourth-order valence-electron chi connectivity index (χ4n) is 1.45. The number of nitrogens with one attached hydrogen (secondary N) is 1. The molecule has 0 heterocycles. The van der Waals surface area contributed by atoms with Crippen molar-refractivity contribution < 1.29 is 4.39 Å². The summed E-state index contributed by atoms with van der Waals surface area (Å²) in [4.78, 5) is 1.69. The lowest BCUT2D eigenvalue weighted by atomic mass is 10.1. The Morgan fingerprint density at radius 1 is 1.40 bits per heavy atom. The average molecular weight is 208 g/mol. The Bertz CT molecular complexity index is 347. The summed E-state index contributed by atoms with van der Waals surface area (Å²) in [5.41, 5.74) is 0.485. The van der Waals surface area contributed by atoms with E-state index in [1.54, 1.807) is 23.1 Å². The third-order valence-electron chi connectivity index (χ3n) is 2.30. The molecule has 0 unspecified atom stereocenters. The number of benzene rings is 1. The first kappa shape index (κ1) is 11.7. The Kier molecular flexibility index (Phi) is 3.83. The molecule has 2 nitrogen and oxygen atoms in total. The van der Waals surface area contributed by atoms with Crippen LogP contribution in [0.4, 0.5) is 10.1 Å². The van der Waals surface area contributed by atoms with Crippen LogP contribution in [0.1, 0.15) is 20.8 Å². The summed E-state index contributed by atoms with van der Waals surface area (Å²) in [5.74, 6) is 0.275. The summed E-state index contributed by atoms with van der Waals surface area (Å²) in [6.07, 6.45) is 0. The van der Waals surface area contributed by atoms with Crippen LogP contribution in [0.5, 0.6) is 0 Å². The highest BCUT2D eigenvalue weighted by Crippen LogP contribution is 2.20. The topological polar surface area (TPSA) is 27.1 Å². The molecule has 0 saturated carbocycles. The van der Waals surface area contributed by atoms with E-state index < -0.39 is 0 Å². The molecular weight excluding hydrogens is 191 g/mol. The van der Waals surface area contributed by atoms with E-state index in [1.165, 1.54) is 6.07 Å². The number of halogens is 1. The molecule has 0 aromatic heterocycles. The van der Waals surface area contributed by atoms with E-state index in [2.05, 4.69) is 0 Å². The first-order chi connectivity index (χ1) is 7.07. The Balaban J connectivity index is 3.03. The maximum atomic E-state index is 13.5. The summed E-state index contributed by atoms with van der Waals surface area (Å²) in [7, 11) is 0. The molecule has 0 aliphatic rings. The molecular formula is C12H17FN2. The molecule has 0 spiro atoms. The molecule has 0 atom stereocenters. The lowest BCUT2D eigenvalue weighted by Crippen LogP contribution is -2.34. The molecule has 0 bridgehead atoms. The molecule has 0 fully saturated rings. The van der Waals surface area contributed by atoms with Gasteiger partial charge in [-0.1, -0.05) is 26.0 Å². The van der Waals surface area contributed by atoms with Gasteiger partial charge in [-0.15, -0.1) is 0 Å². The van der Waals surface area contributed by atoms with Crippen LogP contribution in [0.2, 0.25) is 0 Å². The second kappa shape index (κ2) is 4.91. The molecule has 1 aromatic rings. The third kappa shape index (κ3) is 2.55. The Morgan fingerprint density at radius 2 is 2.00 bits per heavy atom. The molecule has 1 N–H and O–H groups in total. The standard InChI is InChI=1S/C12H17FN2/c1-4-15(12(14)9(2)3)11-8-6-5-7-10(11)13/h5-9,14H,4H2,1-3H3. The largest absolute Gasteiger partial charge is 0.328 e. The molecule has 0 saturated heterocycles. The number of hydrogen-bond donors (Lipinski definition) is 1. The van der Waals surface area contributed by atoms with Crippen LogP contribution in [-0.4, -0.2) is 12.4 Å².